The number of aromatic amines is 1. The molecule has 0 spiro atoms. The van der Waals surface area contributed by atoms with Gasteiger partial charge in [0.05, 0.1) is 16.6 Å². The number of nitrogens with one attached hydrogen (secondary N) is 1. The smallest absolute Gasteiger partial charge is 0.335 e. The lowest BCUT2D eigenvalue weighted by Crippen LogP contribution is -2.05. The van der Waals surface area contributed by atoms with Crippen molar-refractivity contribution in [1.82, 2.24) is 9.97 Å². The Hall–Kier alpha value is -2.82. The van der Waals surface area contributed by atoms with E-state index in [1.807, 2.05) is 31.2 Å². The zero-order valence-electron chi connectivity index (χ0n) is 11.4. The highest BCUT2D eigenvalue weighted by Crippen LogP contribution is 2.22. The van der Waals surface area contributed by atoms with Crippen molar-refractivity contribution in [2.24, 2.45) is 0 Å². The Morgan fingerprint density at radius 1 is 1.19 bits per heavy atom. The fourth-order valence-electron chi connectivity index (χ4n) is 2.10. The van der Waals surface area contributed by atoms with Gasteiger partial charge in [-0.05, 0) is 43.3 Å². The molecule has 5 heteroatoms. The van der Waals surface area contributed by atoms with Gasteiger partial charge in [0.2, 0.25) is 0 Å². The van der Waals surface area contributed by atoms with Crippen molar-refractivity contribution >= 4 is 17.0 Å². The fraction of sp³-hybridized carbons (Fsp3) is 0.125. The molecule has 106 valence electrons. The van der Waals surface area contributed by atoms with Crippen LogP contribution in [-0.2, 0) is 0 Å². The van der Waals surface area contributed by atoms with Gasteiger partial charge in [0, 0.05) is 0 Å². The molecule has 3 aromatic rings. The van der Waals surface area contributed by atoms with Gasteiger partial charge in [0.25, 0.3) is 0 Å². The van der Waals surface area contributed by atoms with Gasteiger partial charge < -0.3 is 14.8 Å². The highest BCUT2D eigenvalue weighted by molar-refractivity contribution is 5.87. The number of benzene rings is 2. The van der Waals surface area contributed by atoms with E-state index >= 15 is 0 Å². The first-order valence-electron chi connectivity index (χ1n) is 6.58. The monoisotopic (exact) mass is 282 g/mol. The third-order valence-corrected chi connectivity index (χ3v) is 3.21. The molecule has 0 bridgehead atoms. The van der Waals surface area contributed by atoms with Crippen molar-refractivity contribution in [1.29, 1.82) is 0 Å². The molecule has 3 rings (SSSR count). The lowest BCUT2D eigenvalue weighted by Gasteiger charge is -2.12. The van der Waals surface area contributed by atoms with Gasteiger partial charge in [0.15, 0.2) is 6.10 Å². The van der Waals surface area contributed by atoms with Crippen LogP contribution in [0.1, 0.15) is 29.2 Å². The molecule has 21 heavy (non-hydrogen) atoms. The number of ether oxygens (including phenoxy) is 1. The molecule has 0 amide bonds. The molecule has 0 aliphatic carbocycles. The van der Waals surface area contributed by atoms with E-state index in [4.69, 9.17) is 9.84 Å². The zero-order valence-corrected chi connectivity index (χ0v) is 11.4. The number of aromatic nitrogens is 2. The second kappa shape index (κ2) is 5.28. The molecule has 2 N–H and O–H groups in total. The van der Waals surface area contributed by atoms with Crippen LogP contribution in [0.15, 0.2) is 48.5 Å². The molecule has 0 fully saturated rings. The van der Waals surface area contributed by atoms with Crippen molar-refractivity contribution in [3.63, 3.8) is 0 Å². The van der Waals surface area contributed by atoms with E-state index in [-0.39, 0.29) is 11.7 Å². The van der Waals surface area contributed by atoms with Gasteiger partial charge in [-0.15, -0.1) is 0 Å². The van der Waals surface area contributed by atoms with Gasteiger partial charge >= 0.3 is 5.97 Å². The quantitative estimate of drug-likeness (QED) is 0.769. The first-order chi connectivity index (χ1) is 10.1. The van der Waals surface area contributed by atoms with Crippen LogP contribution in [0.5, 0.6) is 5.75 Å². The zero-order chi connectivity index (χ0) is 14.8. The van der Waals surface area contributed by atoms with Crippen molar-refractivity contribution in [3.05, 3.63) is 59.9 Å². The molecule has 1 atom stereocenters. The Kier molecular flexibility index (Phi) is 3.31. The Labute approximate surface area is 121 Å². The number of carbonyl (C=O) groups is 1. The van der Waals surface area contributed by atoms with Crippen LogP contribution in [0, 0.1) is 0 Å². The lowest BCUT2D eigenvalue weighted by molar-refractivity contribution is 0.0697. The van der Waals surface area contributed by atoms with Crippen LogP contribution in [0.4, 0.5) is 0 Å². The van der Waals surface area contributed by atoms with E-state index in [0.717, 1.165) is 16.9 Å². The number of aromatic carboxylic acids is 1. The van der Waals surface area contributed by atoms with Crippen LogP contribution in [0.3, 0.4) is 0 Å². The van der Waals surface area contributed by atoms with Gasteiger partial charge in [-0.1, -0.05) is 12.1 Å². The molecular formula is C16H14N2O3. The van der Waals surface area contributed by atoms with Crippen LogP contribution < -0.4 is 4.74 Å². The predicted octanol–water partition coefficient (Wildman–Crippen LogP) is 3.40. The molecule has 0 aliphatic heterocycles. The lowest BCUT2D eigenvalue weighted by atomic mass is 10.2. The molecule has 0 saturated heterocycles. The standard InChI is InChI=1S/C16H14N2O3/c1-10(15-17-13-4-2-3-5-14(13)18-15)21-12-8-6-11(7-9-12)16(19)20/h2-10H,1H3,(H,17,18)(H,19,20). The largest absolute Gasteiger partial charge is 0.483 e. The topological polar surface area (TPSA) is 75.2 Å². The van der Waals surface area contributed by atoms with Gasteiger partial charge in [0.1, 0.15) is 11.6 Å². The van der Waals surface area contributed by atoms with E-state index in [2.05, 4.69) is 9.97 Å². The first kappa shape index (κ1) is 13.2. The number of carboxylic acid groups (broad SMARTS) is 1. The fourth-order valence-corrected chi connectivity index (χ4v) is 2.10. The summed E-state index contributed by atoms with van der Waals surface area (Å²) in [4.78, 5) is 18.5. The van der Waals surface area contributed by atoms with Crippen LogP contribution in [0.2, 0.25) is 0 Å². The number of fused-ring (bicyclic) bond motifs is 1. The minimum atomic E-state index is -0.952. The SMILES string of the molecule is CC(Oc1ccc(C(=O)O)cc1)c1nc2ccccc2[nH]1. The maximum absolute atomic E-state index is 10.8. The molecule has 0 saturated carbocycles. The maximum Gasteiger partial charge on any atom is 0.335 e. The minimum Gasteiger partial charge on any atom is -0.483 e. The average Bonchev–Trinajstić information content (AvgIpc) is 2.92. The molecule has 5 nitrogen and oxygen atoms in total. The Bertz CT molecular complexity index is 745. The van der Waals surface area contributed by atoms with E-state index in [0.29, 0.717) is 5.75 Å². The van der Waals surface area contributed by atoms with E-state index in [1.54, 1.807) is 12.1 Å². The van der Waals surface area contributed by atoms with Crippen molar-refractivity contribution < 1.29 is 14.6 Å². The number of H-pyrrole nitrogens is 1. The van der Waals surface area contributed by atoms with Crippen LogP contribution in [-0.4, -0.2) is 21.0 Å². The van der Waals surface area contributed by atoms with Crippen LogP contribution >= 0.6 is 0 Å². The summed E-state index contributed by atoms with van der Waals surface area (Å²) < 4.78 is 5.78. The van der Waals surface area contributed by atoms with Crippen molar-refractivity contribution in [2.45, 2.75) is 13.0 Å². The number of para-hydroxylation sites is 2. The van der Waals surface area contributed by atoms with Gasteiger partial charge in [-0.2, -0.15) is 0 Å². The van der Waals surface area contributed by atoms with Gasteiger partial charge in [-0.25, -0.2) is 9.78 Å². The van der Waals surface area contributed by atoms with Crippen molar-refractivity contribution in [3.8, 4) is 5.75 Å². The van der Waals surface area contributed by atoms with E-state index in [1.165, 1.54) is 12.1 Å². The highest BCUT2D eigenvalue weighted by Gasteiger charge is 2.12. The van der Waals surface area contributed by atoms with Gasteiger partial charge in [-0.3, -0.25) is 0 Å². The summed E-state index contributed by atoms with van der Waals surface area (Å²) in [7, 11) is 0. The summed E-state index contributed by atoms with van der Waals surface area (Å²) in [5.41, 5.74) is 2.09. The third kappa shape index (κ3) is 2.72. The highest BCUT2D eigenvalue weighted by atomic mass is 16.5. The number of rotatable bonds is 4. The Morgan fingerprint density at radius 2 is 1.90 bits per heavy atom. The number of imidazole rings is 1. The van der Waals surface area contributed by atoms with E-state index < -0.39 is 5.97 Å². The molecule has 0 aliphatic rings. The summed E-state index contributed by atoms with van der Waals surface area (Å²) in [6.07, 6.45) is -0.256. The molecular weight excluding hydrogens is 268 g/mol. The Balaban J connectivity index is 1.78. The van der Waals surface area contributed by atoms with Crippen molar-refractivity contribution in [2.75, 3.05) is 0 Å². The number of hydrogen-bond donors (Lipinski definition) is 2. The molecule has 0 radical (unpaired) electrons. The average molecular weight is 282 g/mol. The normalized spacial score (nSPS) is 12.2. The summed E-state index contributed by atoms with van der Waals surface area (Å²) in [6, 6.07) is 14.1. The Morgan fingerprint density at radius 3 is 2.57 bits per heavy atom. The first-order valence-corrected chi connectivity index (χ1v) is 6.58. The predicted molar refractivity (Wildman–Crippen MR) is 78.5 cm³/mol. The third-order valence-electron chi connectivity index (χ3n) is 3.21. The summed E-state index contributed by atoms with van der Waals surface area (Å²) in [5.74, 6) is 0.387. The second-order valence-electron chi connectivity index (χ2n) is 4.73. The number of hydrogen-bond acceptors (Lipinski definition) is 3. The van der Waals surface area contributed by atoms with Crippen LogP contribution in [0.25, 0.3) is 11.0 Å². The molecule has 1 unspecified atom stereocenters. The number of carboxylic acids is 1. The molecule has 2 aromatic carbocycles. The number of nitrogens with zero attached hydrogens (tertiary/aromatic N) is 1. The summed E-state index contributed by atoms with van der Waals surface area (Å²) in [5, 5.41) is 8.86. The van der Waals surface area contributed by atoms with E-state index in [9.17, 15) is 4.79 Å². The maximum atomic E-state index is 10.8. The summed E-state index contributed by atoms with van der Waals surface area (Å²) in [6.45, 7) is 1.89. The second-order valence-corrected chi connectivity index (χ2v) is 4.73. The summed E-state index contributed by atoms with van der Waals surface area (Å²) >= 11 is 0. The minimum absolute atomic E-state index is 0.235. The molecule has 1 heterocycles. The molecule has 1 aromatic heterocycles.